The molecule has 47 heavy (non-hydrogen) atoms. The molecule has 7 rings (SSSR count). The molecule has 3 fully saturated rings. The Balaban J connectivity index is 1.24. The predicted octanol–water partition coefficient (Wildman–Crippen LogP) is 5.85. The fourth-order valence-corrected chi connectivity index (χ4v) is 11.6. The second-order valence-corrected chi connectivity index (χ2v) is 17.8. The highest BCUT2D eigenvalue weighted by Gasteiger charge is 2.56. The first kappa shape index (κ1) is 31.8. The fraction of sp³-hybridized carbons (Fsp3) is 0.387. The Morgan fingerprint density at radius 3 is 2.36 bits per heavy atom. The first-order valence-electron chi connectivity index (χ1n) is 15.0. The van der Waals surface area contributed by atoms with Gasteiger partial charge in [0.2, 0.25) is 5.95 Å². The minimum absolute atomic E-state index is 0.0177. The number of nitrogens with one attached hydrogen (secondary N) is 2. The van der Waals surface area contributed by atoms with Crippen LogP contribution in [0.3, 0.4) is 0 Å². The van der Waals surface area contributed by atoms with Crippen molar-refractivity contribution in [2.75, 3.05) is 33.0 Å². The summed E-state index contributed by atoms with van der Waals surface area (Å²) in [6.45, 7) is 4.94. The Labute approximate surface area is 274 Å². The molecule has 4 aromatic rings. The number of hydrogen-bond acceptors (Lipinski definition) is 10. The van der Waals surface area contributed by atoms with Gasteiger partial charge in [0, 0.05) is 35.3 Å². The lowest BCUT2D eigenvalue weighted by Gasteiger charge is -2.53. The second kappa shape index (κ2) is 11.2. The number of benzene rings is 2. The van der Waals surface area contributed by atoms with Crippen LogP contribution in [0.2, 0.25) is 0 Å². The van der Waals surface area contributed by atoms with Crippen molar-refractivity contribution < 1.29 is 30.0 Å². The van der Waals surface area contributed by atoms with E-state index in [9.17, 15) is 25.6 Å². The van der Waals surface area contributed by atoms with Gasteiger partial charge in [0.05, 0.1) is 33.5 Å². The number of thiazole rings is 1. The second-order valence-electron chi connectivity index (χ2n) is 13.1. The molecule has 0 bridgehead atoms. The molecule has 1 saturated carbocycles. The molecule has 2 aromatic heterocycles. The van der Waals surface area contributed by atoms with E-state index in [2.05, 4.69) is 29.0 Å². The van der Waals surface area contributed by atoms with Gasteiger partial charge < -0.3 is 10.2 Å². The summed E-state index contributed by atoms with van der Waals surface area (Å²) in [6, 6.07) is 8.38. The fourth-order valence-electron chi connectivity index (χ4n) is 6.92. The normalized spacial score (nSPS) is 19.7. The van der Waals surface area contributed by atoms with Gasteiger partial charge in [0.1, 0.15) is 11.6 Å². The summed E-state index contributed by atoms with van der Waals surface area (Å²) in [5.41, 5.74) is -0.242. The van der Waals surface area contributed by atoms with Crippen LogP contribution in [0.1, 0.15) is 39.5 Å². The SMILES string of the molecule is CC1(C)CCCN1c1nc(-c2cccc(NS(=O)(=O)c3c(F)cccc3F)c2F)c(-c2ccnc(NC3CC4(C3)CS(=O)(=O)C4)n2)s1. The molecule has 0 radical (unpaired) electrons. The minimum atomic E-state index is -4.84. The lowest BCUT2D eigenvalue weighted by atomic mass is 9.67. The van der Waals surface area contributed by atoms with Crippen molar-refractivity contribution in [3.8, 4) is 21.8 Å². The molecule has 3 aliphatic rings. The molecule has 2 saturated heterocycles. The van der Waals surface area contributed by atoms with E-state index in [-0.39, 0.29) is 39.8 Å². The number of hydrogen-bond donors (Lipinski definition) is 2. The molecule has 248 valence electrons. The van der Waals surface area contributed by atoms with Crippen LogP contribution in [0.15, 0.2) is 53.6 Å². The minimum Gasteiger partial charge on any atom is -0.351 e. The van der Waals surface area contributed by atoms with Gasteiger partial charge in [-0.3, -0.25) is 4.72 Å². The Morgan fingerprint density at radius 1 is 1.00 bits per heavy atom. The molecule has 10 nitrogen and oxygen atoms in total. The van der Waals surface area contributed by atoms with Crippen molar-refractivity contribution in [3.05, 3.63) is 66.1 Å². The average molecular weight is 705 g/mol. The molecule has 2 N–H and O–H groups in total. The van der Waals surface area contributed by atoms with Crippen LogP contribution in [0.25, 0.3) is 21.8 Å². The number of sulfonamides is 1. The molecule has 2 aliphatic heterocycles. The van der Waals surface area contributed by atoms with Crippen molar-refractivity contribution in [2.24, 2.45) is 5.41 Å². The molecule has 16 heteroatoms. The van der Waals surface area contributed by atoms with Crippen LogP contribution >= 0.6 is 11.3 Å². The smallest absolute Gasteiger partial charge is 0.267 e. The van der Waals surface area contributed by atoms with Crippen molar-refractivity contribution in [1.82, 2.24) is 15.0 Å². The number of nitrogens with zero attached hydrogens (tertiary/aromatic N) is 4. The standard InChI is InChI=1S/C31H31F3N6O4S3/c1-30(2)11-5-13-40(30)29-38-25(19-6-3-9-22(24(19)34)39-47(43,44)27-20(32)7-4-8-21(27)33)26(45-29)23-10-12-35-28(37-23)36-18-14-31(15-18)16-46(41,42)17-31/h3-4,6-10,12,18,39H,5,11,13-17H2,1-2H3,(H,35,36,37). The summed E-state index contributed by atoms with van der Waals surface area (Å²) in [5.74, 6) is -2.85. The lowest BCUT2D eigenvalue weighted by Crippen LogP contribution is -2.60. The summed E-state index contributed by atoms with van der Waals surface area (Å²) in [7, 11) is -7.78. The quantitative estimate of drug-likeness (QED) is 0.232. The number of anilines is 3. The van der Waals surface area contributed by atoms with Crippen molar-refractivity contribution >= 4 is 48.0 Å². The zero-order valence-corrected chi connectivity index (χ0v) is 27.9. The number of halogens is 3. The molecule has 0 unspecified atom stereocenters. The maximum Gasteiger partial charge on any atom is 0.267 e. The Hall–Kier alpha value is -3.76. The topological polar surface area (TPSA) is 134 Å². The van der Waals surface area contributed by atoms with Crippen molar-refractivity contribution in [2.45, 2.75) is 56.0 Å². The first-order chi connectivity index (χ1) is 22.2. The summed E-state index contributed by atoms with van der Waals surface area (Å²) in [5, 5.41) is 3.92. The van der Waals surface area contributed by atoms with Crippen LogP contribution in [-0.4, -0.2) is 61.4 Å². The number of aromatic nitrogens is 3. The monoisotopic (exact) mass is 704 g/mol. The molecule has 1 spiro atoms. The molecular weight excluding hydrogens is 674 g/mol. The van der Waals surface area contributed by atoms with Gasteiger partial charge in [0.15, 0.2) is 25.7 Å². The third kappa shape index (κ3) is 5.84. The van der Waals surface area contributed by atoms with Crippen LogP contribution in [0, 0.1) is 22.9 Å². The Morgan fingerprint density at radius 2 is 1.70 bits per heavy atom. The van der Waals surface area contributed by atoms with Crippen LogP contribution in [0.4, 0.5) is 29.9 Å². The van der Waals surface area contributed by atoms with Gasteiger partial charge in [-0.25, -0.2) is 45.0 Å². The van der Waals surface area contributed by atoms with Crippen LogP contribution in [0.5, 0.6) is 0 Å². The summed E-state index contributed by atoms with van der Waals surface area (Å²) < 4.78 is 96.4. The molecular formula is C31H31F3N6O4S3. The molecule has 4 heterocycles. The Kier molecular flexibility index (Phi) is 7.55. The van der Waals surface area contributed by atoms with E-state index in [1.807, 2.05) is 4.72 Å². The third-order valence-electron chi connectivity index (χ3n) is 9.07. The van der Waals surface area contributed by atoms with E-state index in [1.165, 1.54) is 23.5 Å². The van der Waals surface area contributed by atoms with E-state index in [0.717, 1.165) is 43.7 Å². The molecule has 0 atom stereocenters. The highest BCUT2D eigenvalue weighted by atomic mass is 32.2. The van der Waals surface area contributed by atoms with Gasteiger partial charge in [-0.1, -0.05) is 23.5 Å². The average Bonchev–Trinajstić information content (AvgIpc) is 3.54. The molecule has 0 amide bonds. The Bertz CT molecular complexity index is 2080. The van der Waals surface area contributed by atoms with E-state index in [0.29, 0.717) is 34.5 Å². The van der Waals surface area contributed by atoms with Gasteiger partial charge >= 0.3 is 0 Å². The van der Waals surface area contributed by atoms with Crippen LogP contribution < -0.4 is 14.9 Å². The maximum absolute atomic E-state index is 16.3. The summed E-state index contributed by atoms with van der Waals surface area (Å²) >= 11 is 1.32. The van der Waals surface area contributed by atoms with E-state index >= 15 is 4.39 Å². The van der Waals surface area contributed by atoms with Crippen LogP contribution in [-0.2, 0) is 19.9 Å². The number of sulfone groups is 1. The molecule has 2 aromatic carbocycles. The maximum atomic E-state index is 16.3. The highest BCUT2D eigenvalue weighted by Crippen LogP contribution is 2.51. The van der Waals surface area contributed by atoms with Gasteiger partial charge in [-0.15, -0.1) is 0 Å². The van der Waals surface area contributed by atoms with E-state index < -0.39 is 47.9 Å². The van der Waals surface area contributed by atoms with Crippen molar-refractivity contribution in [3.63, 3.8) is 0 Å². The largest absolute Gasteiger partial charge is 0.351 e. The first-order valence-corrected chi connectivity index (χ1v) is 19.1. The summed E-state index contributed by atoms with van der Waals surface area (Å²) in [4.78, 5) is 15.4. The van der Waals surface area contributed by atoms with E-state index in [1.54, 1.807) is 12.3 Å². The molecule has 1 aliphatic carbocycles. The number of rotatable bonds is 8. The lowest BCUT2D eigenvalue weighted by molar-refractivity contribution is 0.153. The zero-order chi connectivity index (χ0) is 33.4. The van der Waals surface area contributed by atoms with Gasteiger partial charge in [-0.05, 0) is 69.9 Å². The third-order valence-corrected chi connectivity index (χ3v) is 13.7. The zero-order valence-electron chi connectivity index (χ0n) is 25.4. The van der Waals surface area contributed by atoms with E-state index in [4.69, 9.17) is 9.97 Å². The predicted molar refractivity (Wildman–Crippen MR) is 174 cm³/mol. The van der Waals surface area contributed by atoms with Gasteiger partial charge in [0.25, 0.3) is 10.0 Å². The highest BCUT2D eigenvalue weighted by molar-refractivity contribution is 7.93. The summed E-state index contributed by atoms with van der Waals surface area (Å²) in [6.07, 6.45) is 4.84. The van der Waals surface area contributed by atoms with Gasteiger partial charge in [-0.2, -0.15) is 0 Å². The van der Waals surface area contributed by atoms with Crippen molar-refractivity contribution in [1.29, 1.82) is 0 Å².